The highest BCUT2D eigenvalue weighted by molar-refractivity contribution is 6.30. The number of aromatic nitrogens is 2. The van der Waals surface area contributed by atoms with E-state index in [0.717, 1.165) is 22.6 Å². The average molecular weight is 374 g/mol. The molecule has 6 nitrogen and oxygen atoms in total. The second-order valence-electron chi connectivity index (χ2n) is 6.05. The second-order valence-corrected chi connectivity index (χ2v) is 6.49. The predicted octanol–water partition coefficient (Wildman–Crippen LogP) is 3.13. The highest BCUT2D eigenvalue weighted by Crippen LogP contribution is 2.20. The molecule has 0 aliphatic rings. The number of aliphatic hydroxyl groups excluding tert-OH is 1. The summed E-state index contributed by atoms with van der Waals surface area (Å²) in [5, 5.41) is 17.9. The van der Waals surface area contributed by atoms with E-state index >= 15 is 0 Å². The molecule has 0 spiro atoms. The van der Waals surface area contributed by atoms with Crippen molar-refractivity contribution >= 4 is 17.5 Å². The van der Waals surface area contributed by atoms with Gasteiger partial charge in [0.05, 0.1) is 30.6 Å². The molecule has 3 aromatic rings. The first kappa shape index (κ1) is 18.2. The Kier molecular flexibility index (Phi) is 5.44. The van der Waals surface area contributed by atoms with Gasteiger partial charge in [-0.25, -0.2) is 4.68 Å². The number of benzene rings is 1. The van der Waals surface area contributed by atoms with E-state index in [9.17, 15) is 9.90 Å². The molecule has 26 heavy (non-hydrogen) atoms. The van der Waals surface area contributed by atoms with Crippen molar-refractivity contribution in [2.75, 3.05) is 6.54 Å². The molecule has 1 atom stereocenters. The van der Waals surface area contributed by atoms with E-state index in [1.54, 1.807) is 28.9 Å². The van der Waals surface area contributed by atoms with Crippen LogP contribution >= 0.6 is 11.6 Å². The van der Waals surface area contributed by atoms with Gasteiger partial charge in [-0.15, -0.1) is 0 Å². The molecule has 0 aliphatic carbocycles. The first-order valence-corrected chi connectivity index (χ1v) is 8.62. The molecule has 0 fully saturated rings. The molecular weight excluding hydrogens is 354 g/mol. The lowest BCUT2D eigenvalue weighted by Gasteiger charge is -2.10. The van der Waals surface area contributed by atoms with Gasteiger partial charge < -0.3 is 14.8 Å². The summed E-state index contributed by atoms with van der Waals surface area (Å²) in [5.74, 6) is 0.241. The number of aliphatic hydroxyl groups is 1. The van der Waals surface area contributed by atoms with Crippen LogP contribution in [0.2, 0.25) is 5.02 Å². The van der Waals surface area contributed by atoms with Crippen LogP contribution in [0.15, 0.2) is 47.1 Å². The lowest BCUT2D eigenvalue weighted by atomic mass is 10.1. The molecule has 2 N–H and O–H groups in total. The Morgan fingerprint density at radius 3 is 2.69 bits per heavy atom. The van der Waals surface area contributed by atoms with Gasteiger partial charge in [0, 0.05) is 16.3 Å². The highest BCUT2D eigenvalue weighted by Gasteiger charge is 2.17. The van der Waals surface area contributed by atoms with Crippen molar-refractivity contribution in [3.63, 3.8) is 0 Å². The zero-order valence-electron chi connectivity index (χ0n) is 14.6. The summed E-state index contributed by atoms with van der Waals surface area (Å²) in [6.07, 6.45) is 0.807. The maximum Gasteiger partial charge on any atom is 0.224 e. The van der Waals surface area contributed by atoms with Crippen LogP contribution in [0, 0.1) is 13.8 Å². The van der Waals surface area contributed by atoms with Gasteiger partial charge in [-0.3, -0.25) is 4.79 Å². The zero-order chi connectivity index (χ0) is 18.7. The number of hydrogen-bond acceptors (Lipinski definition) is 4. The highest BCUT2D eigenvalue weighted by atomic mass is 35.5. The SMILES string of the molecule is Cc1nn(-c2ccc(Cl)cc2)c(C)c1CC(=O)NCC(O)c1ccco1. The third kappa shape index (κ3) is 3.98. The van der Waals surface area contributed by atoms with Gasteiger partial charge in [0.15, 0.2) is 0 Å². The molecule has 2 aromatic heterocycles. The van der Waals surface area contributed by atoms with E-state index in [1.165, 1.54) is 6.26 Å². The Morgan fingerprint density at radius 1 is 1.31 bits per heavy atom. The van der Waals surface area contributed by atoms with Crippen LogP contribution in [0.1, 0.15) is 28.8 Å². The van der Waals surface area contributed by atoms with Crippen molar-refractivity contribution in [2.45, 2.75) is 26.4 Å². The third-order valence-corrected chi connectivity index (χ3v) is 4.47. The van der Waals surface area contributed by atoms with Crippen LogP contribution in [0.4, 0.5) is 0 Å². The molecule has 1 unspecified atom stereocenters. The first-order chi connectivity index (χ1) is 12.5. The van der Waals surface area contributed by atoms with E-state index in [1.807, 2.05) is 26.0 Å². The Hall–Kier alpha value is -2.57. The molecule has 1 aromatic carbocycles. The summed E-state index contributed by atoms with van der Waals surface area (Å²) in [4.78, 5) is 12.3. The number of carbonyl (C=O) groups is 1. The van der Waals surface area contributed by atoms with E-state index in [4.69, 9.17) is 16.0 Å². The number of amides is 1. The quantitative estimate of drug-likeness (QED) is 0.695. The predicted molar refractivity (Wildman–Crippen MR) is 98.4 cm³/mol. The average Bonchev–Trinajstić information content (AvgIpc) is 3.25. The fourth-order valence-electron chi connectivity index (χ4n) is 2.78. The molecule has 0 saturated carbocycles. The van der Waals surface area contributed by atoms with E-state index < -0.39 is 6.10 Å². The molecule has 3 rings (SSSR count). The number of aryl methyl sites for hydroxylation is 1. The molecular formula is C19H20ClN3O3. The Morgan fingerprint density at radius 2 is 2.04 bits per heavy atom. The fourth-order valence-corrected chi connectivity index (χ4v) is 2.91. The van der Waals surface area contributed by atoms with Crippen LogP contribution in [-0.4, -0.2) is 27.3 Å². The number of rotatable bonds is 6. The maximum absolute atomic E-state index is 12.3. The normalized spacial score (nSPS) is 12.2. The van der Waals surface area contributed by atoms with Gasteiger partial charge in [0.25, 0.3) is 0 Å². The number of carbonyl (C=O) groups excluding carboxylic acids is 1. The lowest BCUT2D eigenvalue weighted by molar-refractivity contribution is -0.121. The first-order valence-electron chi connectivity index (χ1n) is 8.25. The largest absolute Gasteiger partial charge is 0.467 e. The van der Waals surface area contributed by atoms with Crippen LogP contribution in [0.5, 0.6) is 0 Å². The molecule has 0 aliphatic heterocycles. The van der Waals surface area contributed by atoms with Crippen molar-refractivity contribution in [1.29, 1.82) is 0 Å². The smallest absolute Gasteiger partial charge is 0.224 e. The summed E-state index contributed by atoms with van der Waals surface area (Å²) in [6.45, 7) is 3.89. The van der Waals surface area contributed by atoms with Crippen LogP contribution < -0.4 is 5.32 Å². The van der Waals surface area contributed by atoms with E-state index in [-0.39, 0.29) is 18.9 Å². The molecule has 2 heterocycles. The summed E-state index contributed by atoms with van der Waals surface area (Å²) < 4.78 is 6.92. The summed E-state index contributed by atoms with van der Waals surface area (Å²) in [7, 11) is 0. The number of nitrogens with one attached hydrogen (secondary N) is 1. The number of nitrogens with zero attached hydrogens (tertiary/aromatic N) is 2. The minimum atomic E-state index is -0.868. The Bertz CT molecular complexity index is 886. The van der Waals surface area contributed by atoms with Crippen molar-refractivity contribution in [2.24, 2.45) is 0 Å². The number of halogens is 1. The standard InChI is InChI=1S/C19H20ClN3O3/c1-12-16(10-19(25)21-11-17(24)18-4-3-9-26-18)13(2)23(22-12)15-7-5-14(20)6-8-15/h3-9,17,24H,10-11H2,1-2H3,(H,21,25). The Labute approximate surface area is 156 Å². The van der Waals surface area contributed by atoms with Gasteiger partial charge in [-0.05, 0) is 50.2 Å². The monoisotopic (exact) mass is 373 g/mol. The molecule has 0 saturated heterocycles. The van der Waals surface area contributed by atoms with Gasteiger partial charge in [-0.2, -0.15) is 5.10 Å². The van der Waals surface area contributed by atoms with Crippen molar-refractivity contribution in [1.82, 2.24) is 15.1 Å². The molecule has 0 radical (unpaired) electrons. The van der Waals surface area contributed by atoms with Gasteiger partial charge in [-0.1, -0.05) is 11.6 Å². The summed E-state index contributed by atoms with van der Waals surface area (Å²) in [5.41, 5.74) is 3.44. The number of furan rings is 1. The minimum absolute atomic E-state index is 0.0930. The van der Waals surface area contributed by atoms with Crippen LogP contribution in [0.3, 0.4) is 0 Å². The maximum atomic E-state index is 12.3. The summed E-state index contributed by atoms with van der Waals surface area (Å²) >= 11 is 5.93. The molecule has 1 amide bonds. The summed E-state index contributed by atoms with van der Waals surface area (Å²) in [6, 6.07) is 10.7. The fraction of sp³-hybridized carbons (Fsp3) is 0.263. The van der Waals surface area contributed by atoms with Crippen LogP contribution in [-0.2, 0) is 11.2 Å². The Balaban J connectivity index is 1.68. The number of hydrogen-bond donors (Lipinski definition) is 2. The zero-order valence-corrected chi connectivity index (χ0v) is 15.3. The van der Waals surface area contributed by atoms with E-state index in [0.29, 0.717) is 10.8 Å². The topological polar surface area (TPSA) is 80.3 Å². The van der Waals surface area contributed by atoms with Crippen molar-refractivity contribution < 1.29 is 14.3 Å². The third-order valence-electron chi connectivity index (χ3n) is 4.21. The van der Waals surface area contributed by atoms with Crippen molar-refractivity contribution in [3.05, 3.63) is 70.4 Å². The molecule has 0 bridgehead atoms. The van der Waals surface area contributed by atoms with Crippen LogP contribution in [0.25, 0.3) is 5.69 Å². The van der Waals surface area contributed by atoms with Gasteiger partial charge in [0.1, 0.15) is 11.9 Å². The molecule has 136 valence electrons. The second kappa shape index (κ2) is 7.76. The van der Waals surface area contributed by atoms with Gasteiger partial charge in [0.2, 0.25) is 5.91 Å². The van der Waals surface area contributed by atoms with Crippen molar-refractivity contribution in [3.8, 4) is 5.69 Å². The lowest BCUT2D eigenvalue weighted by Crippen LogP contribution is -2.29. The molecule has 7 heteroatoms. The van der Waals surface area contributed by atoms with E-state index in [2.05, 4.69) is 10.4 Å². The minimum Gasteiger partial charge on any atom is -0.467 e. The van der Waals surface area contributed by atoms with Gasteiger partial charge >= 0.3 is 0 Å².